The zero-order valence-electron chi connectivity index (χ0n) is 18.8. The molecule has 0 heterocycles. The van der Waals surface area contributed by atoms with Gasteiger partial charge in [-0.3, -0.25) is 4.79 Å². The largest absolute Gasteiger partial charge is 0.492 e. The molecule has 0 saturated carbocycles. The van der Waals surface area contributed by atoms with Crippen molar-refractivity contribution >= 4 is 43.5 Å². The number of rotatable bonds is 10. The molecule has 9 heteroatoms. The Labute approximate surface area is 213 Å². The van der Waals surface area contributed by atoms with Crippen molar-refractivity contribution in [1.29, 1.82) is 0 Å². The Morgan fingerprint density at radius 2 is 1.74 bits per heavy atom. The summed E-state index contributed by atoms with van der Waals surface area (Å²) in [4.78, 5) is 13.2. The second kappa shape index (κ2) is 11.8. The van der Waals surface area contributed by atoms with E-state index in [1.54, 1.807) is 0 Å². The van der Waals surface area contributed by atoms with Crippen molar-refractivity contribution in [2.45, 2.75) is 37.2 Å². The van der Waals surface area contributed by atoms with Crippen LogP contribution in [0.5, 0.6) is 5.75 Å². The van der Waals surface area contributed by atoms with Crippen LogP contribution in [0, 0.1) is 0 Å². The first-order chi connectivity index (χ1) is 16.2. The smallest absolute Gasteiger partial charge is 0.241 e. The molecule has 0 saturated heterocycles. The van der Waals surface area contributed by atoms with Crippen molar-refractivity contribution < 1.29 is 17.9 Å². The molecule has 0 unspecified atom stereocenters. The zero-order valence-corrected chi connectivity index (χ0v) is 22.0. The van der Waals surface area contributed by atoms with Gasteiger partial charge in [0.05, 0.1) is 22.6 Å². The first kappa shape index (κ1) is 26.2. The number of hydrogen-bond acceptors (Lipinski definition) is 4. The van der Waals surface area contributed by atoms with Crippen molar-refractivity contribution in [2.24, 2.45) is 0 Å². The molecule has 3 aromatic carbocycles. The number of amides is 1. The van der Waals surface area contributed by atoms with Gasteiger partial charge in [0.25, 0.3) is 0 Å². The van der Waals surface area contributed by atoms with Crippen LogP contribution in [0.3, 0.4) is 0 Å². The summed E-state index contributed by atoms with van der Waals surface area (Å²) in [5.74, 6) is -0.0371. The Hall–Kier alpha value is -2.39. The number of ether oxygens (including phenoxy) is 1. The van der Waals surface area contributed by atoms with E-state index in [4.69, 9.17) is 16.3 Å². The molecule has 0 bridgehead atoms. The van der Waals surface area contributed by atoms with Crippen LogP contribution in [0.1, 0.15) is 31.0 Å². The van der Waals surface area contributed by atoms with Crippen LogP contribution < -0.4 is 14.8 Å². The summed E-state index contributed by atoms with van der Waals surface area (Å²) in [5, 5.41) is 3.10. The molecule has 34 heavy (non-hydrogen) atoms. The zero-order chi connectivity index (χ0) is 24.7. The predicted octanol–water partition coefficient (Wildman–Crippen LogP) is 5.27. The van der Waals surface area contributed by atoms with Crippen LogP contribution in [-0.4, -0.2) is 27.0 Å². The van der Waals surface area contributed by atoms with E-state index < -0.39 is 22.0 Å². The molecular formula is C25H26BrClN2O4S. The number of sulfonamides is 1. The predicted molar refractivity (Wildman–Crippen MR) is 138 cm³/mol. The van der Waals surface area contributed by atoms with Gasteiger partial charge in [0.15, 0.2) is 0 Å². The fraction of sp³-hybridized carbons (Fsp3) is 0.240. The lowest BCUT2D eigenvalue weighted by Crippen LogP contribution is -2.48. The van der Waals surface area contributed by atoms with Crippen molar-refractivity contribution in [3.05, 3.63) is 93.4 Å². The van der Waals surface area contributed by atoms with E-state index >= 15 is 0 Å². The van der Waals surface area contributed by atoms with Crippen LogP contribution in [0.2, 0.25) is 5.02 Å². The molecule has 0 aromatic heterocycles. The van der Waals surface area contributed by atoms with E-state index in [0.29, 0.717) is 12.4 Å². The summed E-state index contributed by atoms with van der Waals surface area (Å²) in [6.07, 6.45) is 0.184. The lowest BCUT2D eigenvalue weighted by molar-refractivity contribution is -0.123. The molecule has 0 spiro atoms. The maximum Gasteiger partial charge on any atom is 0.241 e. The van der Waals surface area contributed by atoms with Crippen molar-refractivity contribution in [2.75, 3.05) is 6.61 Å². The minimum atomic E-state index is -4.04. The lowest BCUT2D eigenvalue weighted by Gasteiger charge is -2.22. The lowest BCUT2D eigenvalue weighted by atomic mass is 10.0. The highest BCUT2D eigenvalue weighted by Gasteiger charge is 2.27. The second-order valence-corrected chi connectivity index (χ2v) is 10.7. The van der Waals surface area contributed by atoms with Crippen LogP contribution in [0.15, 0.2) is 82.2 Å². The van der Waals surface area contributed by atoms with Gasteiger partial charge in [-0.2, -0.15) is 4.72 Å². The molecule has 180 valence electrons. The quantitative estimate of drug-likeness (QED) is 0.351. The molecule has 0 aliphatic carbocycles. The van der Waals surface area contributed by atoms with Gasteiger partial charge >= 0.3 is 0 Å². The third-order valence-corrected chi connectivity index (χ3v) is 7.43. The van der Waals surface area contributed by atoms with Gasteiger partial charge in [0.1, 0.15) is 11.8 Å². The SMILES string of the molecule is CCOc1ccc(S(=O)(=O)N[C@@H](Cc2ccccc2)C(=O)N[C@H](C)c2ccc(Br)cc2)cc1Cl. The Bertz CT molecular complexity index is 1220. The van der Waals surface area contributed by atoms with E-state index in [9.17, 15) is 13.2 Å². The second-order valence-electron chi connectivity index (χ2n) is 7.67. The third-order valence-electron chi connectivity index (χ3n) is 5.14. The fourth-order valence-electron chi connectivity index (χ4n) is 3.36. The molecule has 3 rings (SSSR count). The summed E-state index contributed by atoms with van der Waals surface area (Å²) in [6.45, 7) is 4.06. The molecule has 0 radical (unpaired) electrons. The highest BCUT2D eigenvalue weighted by Crippen LogP contribution is 2.27. The topological polar surface area (TPSA) is 84.5 Å². The number of carbonyl (C=O) groups is 1. The van der Waals surface area contributed by atoms with Crippen molar-refractivity contribution in [3.8, 4) is 5.75 Å². The Morgan fingerprint density at radius 3 is 2.35 bits per heavy atom. The molecule has 0 aliphatic rings. The highest BCUT2D eigenvalue weighted by atomic mass is 79.9. The first-order valence-electron chi connectivity index (χ1n) is 10.7. The maximum absolute atomic E-state index is 13.2. The summed E-state index contributed by atoms with van der Waals surface area (Å²) in [7, 11) is -4.04. The van der Waals surface area contributed by atoms with Gasteiger partial charge < -0.3 is 10.1 Å². The first-order valence-corrected chi connectivity index (χ1v) is 13.4. The van der Waals surface area contributed by atoms with Crippen molar-refractivity contribution in [3.63, 3.8) is 0 Å². The third kappa shape index (κ3) is 7.06. The van der Waals surface area contributed by atoms with Gasteiger partial charge in [0, 0.05) is 4.47 Å². The van der Waals surface area contributed by atoms with E-state index in [0.717, 1.165) is 15.6 Å². The highest BCUT2D eigenvalue weighted by molar-refractivity contribution is 9.10. The number of nitrogens with one attached hydrogen (secondary N) is 2. The van der Waals surface area contributed by atoms with Gasteiger partial charge in [-0.1, -0.05) is 70.0 Å². The molecule has 6 nitrogen and oxygen atoms in total. The minimum Gasteiger partial charge on any atom is -0.492 e. The molecule has 0 fully saturated rings. The molecule has 1 amide bonds. The van der Waals surface area contributed by atoms with Crippen molar-refractivity contribution in [1.82, 2.24) is 10.0 Å². The Morgan fingerprint density at radius 1 is 1.06 bits per heavy atom. The number of carbonyl (C=O) groups excluding carboxylic acids is 1. The number of hydrogen-bond donors (Lipinski definition) is 2. The average molecular weight is 566 g/mol. The van der Waals surface area contributed by atoms with Gasteiger partial charge in [0.2, 0.25) is 15.9 Å². The molecule has 2 N–H and O–H groups in total. The Balaban J connectivity index is 1.84. The normalized spacial score (nSPS) is 13.2. The number of benzene rings is 3. The van der Waals surface area contributed by atoms with E-state index in [1.165, 1.54) is 18.2 Å². The van der Waals surface area contributed by atoms with Gasteiger partial charge in [-0.05, 0) is 61.7 Å². The van der Waals surface area contributed by atoms with Crippen LogP contribution >= 0.6 is 27.5 Å². The average Bonchev–Trinajstić information content (AvgIpc) is 2.81. The van der Waals surface area contributed by atoms with Gasteiger partial charge in [-0.15, -0.1) is 0 Å². The minimum absolute atomic E-state index is 0.0484. The van der Waals surface area contributed by atoms with Crippen LogP contribution in [0.25, 0.3) is 0 Å². The molecule has 2 atom stereocenters. The standard InChI is InChI=1S/C25H26BrClN2O4S/c1-3-33-24-14-13-21(16-22(24)27)34(31,32)29-23(15-18-7-5-4-6-8-18)25(30)28-17(2)19-9-11-20(26)12-10-19/h4-14,16-17,23,29H,3,15H2,1-2H3,(H,28,30)/t17-,23+/m1/s1. The summed E-state index contributed by atoms with van der Waals surface area (Å²) in [6, 6.07) is 19.7. The van der Waals surface area contributed by atoms with Gasteiger partial charge in [-0.25, -0.2) is 8.42 Å². The van der Waals surface area contributed by atoms with E-state index in [1.807, 2.05) is 68.4 Å². The fourth-order valence-corrected chi connectivity index (χ4v) is 5.15. The molecule has 0 aliphatic heterocycles. The summed E-state index contributed by atoms with van der Waals surface area (Å²) >= 11 is 9.59. The van der Waals surface area contributed by atoms with Crippen LogP contribution in [0.4, 0.5) is 0 Å². The summed E-state index contributed by atoms with van der Waals surface area (Å²) < 4.78 is 35.2. The molecule has 3 aromatic rings. The summed E-state index contributed by atoms with van der Waals surface area (Å²) in [5.41, 5.74) is 1.72. The monoisotopic (exact) mass is 564 g/mol. The number of halogens is 2. The molecular weight excluding hydrogens is 540 g/mol. The van der Waals surface area contributed by atoms with E-state index in [2.05, 4.69) is 26.0 Å². The van der Waals surface area contributed by atoms with Crippen LogP contribution in [-0.2, 0) is 21.2 Å². The maximum atomic E-state index is 13.2. The van der Waals surface area contributed by atoms with E-state index in [-0.39, 0.29) is 22.4 Å². The Kier molecular flexibility index (Phi) is 9.13.